The number of likely N-dealkylation sites (N-methyl/N-ethyl adjacent to an activating group) is 1. The highest BCUT2D eigenvalue weighted by Gasteiger charge is 2.19. The van der Waals surface area contributed by atoms with Gasteiger partial charge in [-0.25, -0.2) is 9.80 Å². The highest BCUT2D eigenvalue weighted by atomic mass is 16.6. The molecule has 0 aliphatic heterocycles. The van der Waals surface area contributed by atoms with E-state index >= 15 is 0 Å². The van der Waals surface area contributed by atoms with Crippen LogP contribution in [0.2, 0.25) is 0 Å². The van der Waals surface area contributed by atoms with Gasteiger partial charge in [-0.15, -0.1) is 0 Å². The number of hydrogen-bond acceptors (Lipinski definition) is 4. The molecule has 0 aromatic heterocycles. The minimum atomic E-state index is -0.432. The summed E-state index contributed by atoms with van der Waals surface area (Å²) in [6.07, 6.45) is 0.0240. The zero-order valence-corrected chi connectivity index (χ0v) is 11.2. The van der Waals surface area contributed by atoms with Crippen molar-refractivity contribution in [2.75, 3.05) is 13.6 Å². The van der Waals surface area contributed by atoms with Gasteiger partial charge in [-0.05, 0) is 19.8 Å². The summed E-state index contributed by atoms with van der Waals surface area (Å²) < 4.78 is 5.01. The summed E-state index contributed by atoms with van der Waals surface area (Å²) in [6, 6.07) is -0.0845. The summed E-state index contributed by atoms with van der Waals surface area (Å²) in [5.74, 6) is 0.241. The topological polar surface area (TPSA) is 70.7 Å². The normalized spacial score (nSPS) is 12.7. The average molecular weight is 245 g/mol. The summed E-state index contributed by atoms with van der Waals surface area (Å²) >= 11 is 0. The molecular formula is C11H23N3O3. The molecule has 0 aromatic carbocycles. The first-order chi connectivity index (χ1) is 7.86. The first kappa shape index (κ1) is 15.7. The third kappa shape index (κ3) is 7.57. The Balaban J connectivity index is 4.23. The first-order valence-electron chi connectivity index (χ1n) is 5.75. The Kier molecular flexibility index (Phi) is 7.29. The van der Waals surface area contributed by atoms with E-state index in [1.165, 1.54) is 0 Å². The Hall–Kier alpha value is -1.30. The summed E-state index contributed by atoms with van der Waals surface area (Å²) in [5, 5.41) is 4.40. The Labute approximate surface area is 103 Å². The minimum Gasteiger partial charge on any atom is -0.447 e. The van der Waals surface area contributed by atoms with Crippen molar-refractivity contribution >= 4 is 12.5 Å². The first-order valence-corrected chi connectivity index (χ1v) is 5.75. The van der Waals surface area contributed by atoms with Crippen LogP contribution in [0, 0.1) is 5.92 Å². The molecule has 0 rings (SSSR count). The fraction of sp³-hybridized carbons (Fsp3) is 0.818. The van der Waals surface area contributed by atoms with Crippen molar-refractivity contribution < 1.29 is 14.3 Å². The van der Waals surface area contributed by atoms with Crippen molar-refractivity contribution in [2.24, 2.45) is 5.92 Å². The van der Waals surface area contributed by atoms with Crippen molar-refractivity contribution in [3.05, 3.63) is 0 Å². The van der Waals surface area contributed by atoms with Gasteiger partial charge in [-0.2, -0.15) is 0 Å². The second-order valence-electron chi connectivity index (χ2n) is 4.58. The number of rotatable bonds is 7. The number of nitrogens with zero attached hydrogens (tertiary/aromatic N) is 1. The van der Waals surface area contributed by atoms with E-state index in [1.54, 1.807) is 25.9 Å². The highest BCUT2D eigenvalue weighted by Crippen LogP contribution is 2.03. The molecule has 0 aliphatic rings. The maximum Gasteiger partial charge on any atom is 0.407 e. The summed E-state index contributed by atoms with van der Waals surface area (Å²) in [6.45, 7) is 8.10. The number of carbonyl (C=O) groups is 2. The van der Waals surface area contributed by atoms with Crippen LogP contribution in [0.25, 0.3) is 0 Å². The lowest BCUT2D eigenvalue weighted by atomic mass is 10.0. The fourth-order valence-electron chi connectivity index (χ4n) is 1.26. The number of ether oxygens (including phenoxy) is 1. The van der Waals surface area contributed by atoms with Crippen LogP contribution in [0.4, 0.5) is 4.79 Å². The van der Waals surface area contributed by atoms with Gasteiger partial charge in [0.15, 0.2) is 0 Å². The molecular weight excluding hydrogens is 222 g/mol. The minimum absolute atomic E-state index is 0.0845. The number of alkyl carbamates (subject to hydrolysis) is 1. The van der Waals surface area contributed by atoms with E-state index in [0.29, 0.717) is 13.0 Å². The van der Waals surface area contributed by atoms with Gasteiger partial charge in [0.2, 0.25) is 6.41 Å². The predicted octanol–water partition coefficient (Wildman–Crippen LogP) is 0.738. The third-order valence-corrected chi connectivity index (χ3v) is 2.19. The van der Waals surface area contributed by atoms with E-state index < -0.39 is 6.09 Å². The molecule has 100 valence electrons. The molecule has 6 heteroatoms. The largest absolute Gasteiger partial charge is 0.447 e. The Morgan fingerprint density at radius 3 is 2.35 bits per heavy atom. The van der Waals surface area contributed by atoms with Gasteiger partial charge in [-0.1, -0.05) is 13.8 Å². The van der Waals surface area contributed by atoms with Crippen LogP contribution >= 0.6 is 0 Å². The van der Waals surface area contributed by atoms with E-state index in [9.17, 15) is 9.59 Å². The van der Waals surface area contributed by atoms with E-state index in [-0.39, 0.29) is 18.1 Å². The molecule has 0 aromatic rings. The molecule has 1 unspecified atom stereocenters. The van der Waals surface area contributed by atoms with Gasteiger partial charge in [0.25, 0.3) is 0 Å². The maximum atomic E-state index is 11.5. The Morgan fingerprint density at radius 2 is 1.94 bits per heavy atom. The molecule has 0 saturated carbocycles. The molecule has 0 aliphatic carbocycles. The second-order valence-corrected chi connectivity index (χ2v) is 4.58. The van der Waals surface area contributed by atoms with E-state index in [2.05, 4.69) is 10.7 Å². The highest BCUT2D eigenvalue weighted by molar-refractivity contribution is 5.67. The lowest BCUT2D eigenvalue weighted by Gasteiger charge is -2.27. The van der Waals surface area contributed by atoms with Crippen molar-refractivity contribution in [2.45, 2.75) is 39.8 Å². The smallest absolute Gasteiger partial charge is 0.407 e. The SMILES string of the molecule is CC(C)OC(=O)NC(CN(C)NC=O)C(C)C. The number of carbonyl (C=O) groups excluding carboxylic acids is 2. The van der Waals surface area contributed by atoms with Gasteiger partial charge < -0.3 is 10.1 Å². The number of nitrogens with one attached hydrogen (secondary N) is 2. The number of amides is 2. The quantitative estimate of drug-likeness (QED) is 0.512. The molecule has 0 spiro atoms. The van der Waals surface area contributed by atoms with E-state index in [1.807, 2.05) is 13.8 Å². The van der Waals surface area contributed by atoms with Crippen LogP contribution in [0.5, 0.6) is 0 Å². The molecule has 2 amide bonds. The zero-order valence-electron chi connectivity index (χ0n) is 11.2. The average Bonchev–Trinajstić information content (AvgIpc) is 2.15. The predicted molar refractivity (Wildman–Crippen MR) is 65.2 cm³/mol. The van der Waals surface area contributed by atoms with Gasteiger partial charge >= 0.3 is 6.09 Å². The maximum absolute atomic E-state index is 11.5. The molecule has 0 fully saturated rings. The van der Waals surface area contributed by atoms with E-state index in [4.69, 9.17) is 4.74 Å². The van der Waals surface area contributed by atoms with Crippen LogP contribution in [0.1, 0.15) is 27.7 Å². The molecule has 0 radical (unpaired) electrons. The van der Waals surface area contributed by atoms with E-state index in [0.717, 1.165) is 0 Å². The second kappa shape index (κ2) is 7.89. The van der Waals surface area contributed by atoms with Crippen LogP contribution < -0.4 is 10.7 Å². The van der Waals surface area contributed by atoms with Crippen molar-refractivity contribution in [1.82, 2.24) is 15.8 Å². The summed E-state index contributed by atoms with van der Waals surface area (Å²) in [5.41, 5.74) is 2.51. The number of hydrazine groups is 1. The van der Waals surface area contributed by atoms with Gasteiger partial charge in [0.1, 0.15) is 0 Å². The molecule has 0 bridgehead atoms. The van der Waals surface area contributed by atoms with Crippen molar-refractivity contribution in [3.63, 3.8) is 0 Å². The standard InChI is InChI=1S/C11H23N3O3/c1-8(2)10(6-14(5)12-7-15)13-11(16)17-9(3)4/h7-10H,6H2,1-5H3,(H,12,15)(H,13,16). The molecule has 6 nitrogen and oxygen atoms in total. The molecule has 2 N–H and O–H groups in total. The molecule has 0 heterocycles. The van der Waals surface area contributed by atoms with Crippen LogP contribution in [-0.2, 0) is 9.53 Å². The zero-order chi connectivity index (χ0) is 13.4. The van der Waals surface area contributed by atoms with Crippen LogP contribution in [0.15, 0.2) is 0 Å². The summed E-state index contributed by atoms with van der Waals surface area (Å²) in [4.78, 5) is 21.7. The van der Waals surface area contributed by atoms with Gasteiger partial charge in [0.05, 0.1) is 6.10 Å². The lowest BCUT2D eigenvalue weighted by Crippen LogP contribution is -2.49. The van der Waals surface area contributed by atoms with Gasteiger partial charge in [-0.3, -0.25) is 10.2 Å². The molecule has 0 saturated heterocycles. The monoisotopic (exact) mass is 245 g/mol. The molecule has 17 heavy (non-hydrogen) atoms. The van der Waals surface area contributed by atoms with Crippen molar-refractivity contribution in [1.29, 1.82) is 0 Å². The lowest BCUT2D eigenvalue weighted by molar-refractivity contribution is -0.113. The Bertz CT molecular complexity index is 244. The van der Waals surface area contributed by atoms with Crippen molar-refractivity contribution in [3.8, 4) is 0 Å². The van der Waals surface area contributed by atoms with Crippen LogP contribution in [0.3, 0.4) is 0 Å². The van der Waals surface area contributed by atoms with Crippen LogP contribution in [-0.4, -0.2) is 43.3 Å². The Morgan fingerprint density at radius 1 is 1.35 bits per heavy atom. The fourth-order valence-corrected chi connectivity index (χ4v) is 1.26. The number of hydrogen-bond donors (Lipinski definition) is 2. The summed E-state index contributed by atoms with van der Waals surface area (Å²) in [7, 11) is 1.74. The third-order valence-electron chi connectivity index (χ3n) is 2.19. The van der Waals surface area contributed by atoms with Gasteiger partial charge in [0, 0.05) is 19.6 Å². The molecule has 1 atom stereocenters.